The largest absolute Gasteiger partial charge is 0.489 e. The fourth-order valence-electron chi connectivity index (χ4n) is 3.38. The second-order valence-electron chi connectivity index (χ2n) is 5.99. The average molecular weight is 347 g/mol. The van der Waals surface area contributed by atoms with Crippen LogP contribution in [0, 0.1) is 0 Å². The fraction of sp³-hybridized carbons (Fsp3) is 0.444. The first kappa shape index (κ1) is 17.3. The number of rotatable bonds is 3. The summed E-state index contributed by atoms with van der Waals surface area (Å²) in [4.78, 5) is 18.0. The summed E-state index contributed by atoms with van der Waals surface area (Å²) in [6.07, 6.45) is 5.24. The van der Waals surface area contributed by atoms with Gasteiger partial charge in [0.05, 0.1) is 13.7 Å². The van der Waals surface area contributed by atoms with Gasteiger partial charge in [0, 0.05) is 19.0 Å². The number of aromatic nitrogens is 2. The van der Waals surface area contributed by atoms with Crippen LogP contribution < -0.4 is 10.7 Å². The maximum atomic E-state index is 14.4. The second kappa shape index (κ2) is 7.13. The Hall–Kier alpha value is -2.57. The van der Waals surface area contributed by atoms with Crippen molar-refractivity contribution >= 4 is 17.7 Å². The number of amides is 1. The number of nitrogens with zero attached hydrogens (tertiary/aromatic N) is 3. The molecule has 1 aromatic rings. The first-order valence-corrected chi connectivity index (χ1v) is 8.32. The van der Waals surface area contributed by atoms with Crippen LogP contribution in [-0.4, -0.2) is 47.4 Å². The topological polar surface area (TPSA) is 56.6 Å². The maximum absolute atomic E-state index is 14.4. The van der Waals surface area contributed by atoms with E-state index in [1.54, 1.807) is 4.90 Å². The molecule has 0 spiro atoms. The van der Waals surface area contributed by atoms with Crippen LogP contribution in [0.15, 0.2) is 24.8 Å². The highest BCUT2D eigenvalue weighted by molar-refractivity contribution is 5.67. The van der Waals surface area contributed by atoms with Gasteiger partial charge in [0.15, 0.2) is 5.83 Å². The van der Waals surface area contributed by atoms with Crippen molar-refractivity contribution in [1.82, 2.24) is 14.5 Å². The summed E-state index contributed by atoms with van der Waals surface area (Å²) in [6, 6.07) is 0. The molecule has 3 rings (SSSR count). The zero-order chi connectivity index (χ0) is 18.0. The minimum atomic E-state index is -0.481. The van der Waals surface area contributed by atoms with Crippen molar-refractivity contribution in [3.63, 3.8) is 0 Å². The van der Waals surface area contributed by atoms with Gasteiger partial charge < -0.3 is 18.9 Å². The number of ether oxygens (including phenoxy) is 2. The lowest BCUT2D eigenvalue weighted by atomic mass is 10.1. The minimum Gasteiger partial charge on any atom is -0.489 e. The SMILES string of the molecule is C=C/C(F)=c1/nc(C2CCN(C(=O)OC)C2)n2c1=C(/C=C\C)OCC2. The lowest BCUT2D eigenvalue weighted by molar-refractivity contribution is 0.132. The monoisotopic (exact) mass is 347 g/mol. The van der Waals surface area contributed by atoms with Crippen LogP contribution in [0.5, 0.6) is 0 Å². The smallest absolute Gasteiger partial charge is 0.409 e. The van der Waals surface area contributed by atoms with Gasteiger partial charge in [-0.1, -0.05) is 12.7 Å². The van der Waals surface area contributed by atoms with E-state index in [9.17, 15) is 9.18 Å². The van der Waals surface area contributed by atoms with E-state index in [0.29, 0.717) is 37.3 Å². The van der Waals surface area contributed by atoms with Crippen molar-refractivity contribution in [3.8, 4) is 0 Å². The first-order valence-electron chi connectivity index (χ1n) is 8.32. The highest BCUT2D eigenvalue weighted by Crippen LogP contribution is 2.26. The molecule has 6 nitrogen and oxygen atoms in total. The Kier molecular flexibility index (Phi) is 4.92. The third kappa shape index (κ3) is 3.06. The molecule has 0 bridgehead atoms. The Morgan fingerprint density at radius 1 is 1.48 bits per heavy atom. The highest BCUT2D eigenvalue weighted by atomic mass is 19.1. The van der Waals surface area contributed by atoms with Crippen molar-refractivity contribution in [1.29, 1.82) is 0 Å². The number of carbonyl (C=O) groups is 1. The quantitative estimate of drug-likeness (QED) is 0.830. The van der Waals surface area contributed by atoms with Crippen molar-refractivity contribution in [2.75, 3.05) is 26.8 Å². The fourth-order valence-corrected chi connectivity index (χ4v) is 3.38. The zero-order valence-corrected chi connectivity index (χ0v) is 14.5. The van der Waals surface area contributed by atoms with Crippen LogP contribution in [0.4, 0.5) is 9.18 Å². The second-order valence-corrected chi connectivity index (χ2v) is 5.99. The van der Waals surface area contributed by atoms with Gasteiger partial charge in [-0.2, -0.15) is 0 Å². The van der Waals surface area contributed by atoms with Crippen LogP contribution >= 0.6 is 0 Å². The third-order valence-corrected chi connectivity index (χ3v) is 4.51. The molecule has 0 aromatic carbocycles. The molecule has 0 aliphatic carbocycles. The Morgan fingerprint density at radius 3 is 2.96 bits per heavy atom. The van der Waals surface area contributed by atoms with E-state index >= 15 is 0 Å². The summed E-state index contributed by atoms with van der Waals surface area (Å²) in [6.45, 7) is 7.60. The Labute approximate surface area is 145 Å². The number of allylic oxidation sites excluding steroid dienone is 2. The maximum Gasteiger partial charge on any atom is 0.409 e. The van der Waals surface area contributed by atoms with E-state index in [2.05, 4.69) is 11.6 Å². The summed E-state index contributed by atoms with van der Waals surface area (Å²) in [7, 11) is 1.37. The Balaban J connectivity index is 2.14. The van der Waals surface area contributed by atoms with Gasteiger partial charge in [-0.3, -0.25) is 0 Å². The minimum absolute atomic E-state index is 0.0363. The van der Waals surface area contributed by atoms with Crippen LogP contribution in [0.25, 0.3) is 11.6 Å². The molecule has 1 saturated heterocycles. The summed E-state index contributed by atoms with van der Waals surface area (Å²) < 4.78 is 26.9. The summed E-state index contributed by atoms with van der Waals surface area (Å²) in [5.74, 6) is 0.931. The first-order chi connectivity index (χ1) is 12.1. The Morgan fingerprint density at radius 2 is 2.28 bits per heavy atom. The summed E-state index contributed by atoms with van der Waals surface area (Å²) >= 11 is 0. The Bertz CT molecular complexity index is 840. The molecule has 0 N–H and O–H groups in total. The number of hydrogen-bond acceptors (Lipinski definition) is 4. The molecular formula is C18H22FN3O3. The van der Waals surface area contributed by atoms with Crippen LogP contribution in [0.3, 0.4) is 0 Å². The lowest BCUT2D eigenvalue weighted by Gasteiger charge is -2.19. The van der Waals surface area contributed by atoms with Gasteiger partial charge in [0.25, 0.3) is 0 Å². The number of likely N-dealkylation sites (tertiary alicyclic amines) is 1. The van der Waals surface area contributed by atoms with Gasteiger partial charge >= 0.3 is 6.09 Å². The van der Waals surface area contributed by atoms with E-state index in [1.165, 1.54) is 7.11 Å². The summed E-state index contributed by atoms with van der Waals surface area (Å²) in [5.41, 5.74) is 0. The van der Waals surface area contributed by atoms with Crippen LogP contribution in [-0.2, 0) is 16.0 Å². The van der Waals surface area contributed by atoms with Crippen LogP contribution in [0.1, 0.15) is 25.1 Å². The standard InChI is InChI=1S/C18H22FN3O3/c1-4-6-14-16-15(13(19)5-2)20-17(22(16)9-10-25-14)12-7-8-21(11-12)18(23)24-3/h4-6,12H,2,7-11H2,1,3H3/b6-4-,15-13-. The molecule has 0 radical (unpaired) electrons. The molecule has 2 aliphatic heterocycles. The van der Waals surface area contributed by atoms with Crippen LogP contribution in [0.2, 0.25) is 0 Å². The zero-order valence-electron chi connectivity index (χ0n) is 14.5. The van der Waals surface area contributed by atoms with E-state index in [4.69, 9.17) is 9.47 Å². The predicted octanol–water partition coefficient (Wildman–Crippen LogP) is 1.42. The molecule has 25 heavy (non-hydrogen) atoms. The van der Waals surface area contributed by atoms with Gasteiger partial charge in [-0.25, -0.2) is 14.2 Å². The van der Waals surface area contributed by atoms with E-state index in [0.717, 1.165) is 18.3 Å². The number of fused-ring (bicyclic) bond motifs is 1. The number of carbonyl (C=O) groups excluding carboxylic acids is 1. The van der Waals surface area contributed by atoms with Crippen molar-refractivity contribution in [2.45, 2.75) is 25.8 Å². The molecule has 1 atom stereocenters. The number of hydrogen-bond donors (Lipinski definition) is 0. The number of halogens is 1. The molecule has 3 heterocycles. The molecule has 134 valence electrons. The van der Waals surface area contributed by atoms with E-state index < -0.39 is 5.83 Å². The molecule has 1 unspecified atom stereocenters. The highest BCUT2D eigenvalue weighted by Gasteiger charge is 2.32. The molecule has 7 heteroatoms. The number of imidazole rings is 1. The lowest BCUT2D eigenvalue weighted by Crippen LogP contribution is -2.38. The molecule has 1 amide bonds. The molecule has 1 aromatic heterocycles. The average Bonchev–Trinajstić information content (AvgIpc) is 3.26. The van der Waals surface area contributed by atoms with E-state index in [1.807, 2.05) is 23.6 Å². The molecule has 2 aliphatic rings. The van der Waals surface area contributed by atoms with Gasteiger partial charge in [0.2, 0.25) is 0 Å². The van der Waals surface area contributed by atoms with Gasteiger partial charge in [-0.05, 0) is 25.5 Å². The van der Waals surface area contributed by atoms with E-state index in [-0.39, 0.29) is 17.4 Å². The molecule has 1 fully saturated rings. The van der Waals surface area contributed by atoms with Gasteiger partial charge in [0.1, 0.15) is 28.9 Å². The summed E-state index contributed by atoms with van der Waals surface area (Å²) in [5, 5.41) is 0.877. The molecular weight excluding hydrogens is 325 g/mol. The predicted molar refractivity (Wildman–Crippen MR) is 91.7 cm³/mol. The number of methoxy groups -OCH3 is 1. The van der Waals surface area contributed by atoms with Crippen molar-refractivity contribution < 1.29 is 18.7 Å². The van der Waals surface area contributed by atoms with Crippen molar-refractivity contribution in [2.24, 2.45) is 0 Å². The van der Waals surface area contributed by atoms with Gasteiger partial charge in [-0.15, -0.1) is 0 Å². The normalized spacial score (nSPS) is 21.2. The third-order valence-electron chi connectivity index (χ3n) is 4.51. The molecule has 0 saturated carbocycles. The van der Waals surface area contributed by atoms with Crippen molar-refractivity contribution in [3.05, 3.63) is 41.3 Å².